The van der Waals surface area contributed by atoms with Gasteiger partial charge in [0.2, 0.25) is 0 Å². The molecule has 2 heteroatoms. The van der Waals surface area contributed by atoms with Crippen LogP contribution in [0.15, 0.2) is 30.3 Å². The van der Waals surface area contributed by atoms with Gasteiger partial charge in [-0.25, -0.2) is 0 Å². The van der Waals surface area contributed by atoms with Gasteiger partial charge in [-0.3, -0.25) is 9.69 Å². The Morgan fingerprint density at radius 1 is 1.33 bits per heavy atom. The summed E-state index contributed by atoms with van der Waals surface area (Å²) in [5.41, 5.74) is 1.36. The van der Waals surface area contributed by atoms with Gasteiger partial charge in [-0.05, 0) is 11.5 Å². The summed E-state index contributed by atoms with van der Waals surface area (Å²) in [6, 6.07) is 10.5. The Kier molecular flexibility index (Phi) is 3.17. The Labute approximate surface area is 90.9 Å². The first-order valence-corrected chi connectivity index (χ1v) is 5.54. The van der Waals surface area contributed by atoms with Crippen LogP contribution >= 0.6 is 0 Å². The van der Waals surface area contributed by atoms with Crippen LogP contribution in [0.4, 0.5) is 0 Å². The molecule has 1 aromatic rings. The van der Waals surface area contributed by atoms with Crippen LogP contribution in [0.1, 0.15) is 24.8 Å². The van der Waals surface area contributed by atoms with Gasteiger partial charge in [0.05, 0.1) is 6.54 Å². The average molecular weight is 203 g/mol. The highest BCUT2D eigenvalue weighted by Gasteiger charge is 2.20. The number of rotatable bonds is 3. The Hall–Kier alpha value is -1.15. The lowest BCUT2D eigenvalue weighted by Gasteiger charge is -2.19. The first-order valence-electron chi connectivity index (χ1n) is 5.54. The average Bonchev–Trinajstić information content (AvgIpc) is 2.65. The minimum atomic E-state index is 0.385. The van der Waals surface area contributed by atoms with Crippen molar-refractivity contribution in [3.63, 3.8) is 0 Å². The first-order chi connectivity index (χ1) is 7.25. The fraction of sp³-hybridized carbons (Fsp3) is 0.462. The van der Waals surface area contributed by atoms with Crippen molar-refractivity contribution in [3.8, 4) is 0 Å². The molecule has 0 spiro atoms. The van der Waals surface area contributed by atoms with Crippen molar-refractivity contribution in [1.29, 1.82) is 0 Å². The number of Topliss-reactive ketones (excluding diaryl/α,β-unsaturated/α-hetero) is 1. The maximum absolute atomic E-state index is 11.1. The van der Waals surface area contributed by atoms with Crippen LogP contribution in [0.25, 0.3) is 0 Å². The normalized spacial score (nSPS) is 19.4. The molecule has 0 radical (unpaired) electrons. The highest BCUT2D eigenvalue weighted by molar-refractivity contribution is 5.82. The van der Waals surface area contributed by atoms with Gasteiger partial charge >= 0.3 is 0 Å². The molecule has 1 unspecified atom stereocenters. The van der Waals surface area contributed by atoms with Gasteiger partial charge in [-0.2, -0.15) is 0 Å². The summed E-state index contributed by atoms with van der Waals surface area (Å²) in [4.78, 5) is 13.4. The van der Waals surface area contributed by atoms with E-state index in [1.807, 2.05) is 6.07 Å². The molecule has 80 valence electrons. The van der Waals surface area contributed by atoms with Crippen molar-refractivity contribution in [3.05, 3.63) is 35.9 Å². The van der Waals surface area contributed by atoms with Crippen molar-refractivity contribution in [2.45, 2.75) is 19.3 Å². The van der Waals surface area contributed by atoms with E-state index in [1.165, 1.54) is 5.56 Å². The summed E-state index contributed by atoms with van der Waals surface area (Å²) < 4.78 is 0. The van der Waals surface area contributed by atoms with Crippen molar-refractivity contribution in [2.75, 3.05) is 19.6 Å². The third-order valence-corrected chi connectivity index (χ3v) is 3.01. The molecule has 0 saturated carbocycles. The molecule has 1 aliphatic heterocycles. The second kappa shape index (κ2) is 4.58. The Bertz CT molecular complexity index is 334. The van der Waals surface area contributed by atoms with Crippen molar-refractivity contribution >= 4 is 5.78 Å². The summed E-state index contributed by atoms with van der Waals surface area (Å²) in [6.07, 6.45) is 0.738. The van der Waals surface area contributed by atoms with Crippen molar-refractivity contribution in [1.82, 2.24) is 4.90 Å². The molecule has 15 heavy (non-hydrogen) atoms. The lowest BCUT2D eigenvalue weighted by molar-refractivity contribution is -0.116. The van der Waals surface area contributed by atoms with Crippen LogP contribution in [-0.2, 0) is 4.79 Å². The van der Waals surface area contributed by atoms with E-state index in [1.54, 1.807) is 0 Å². The standard InChI is InChI=1S/C13H17NO/c1-11(12-5-3-2-4-6-12)9-14-8-7-13(15)10-14/h2-6,11H,7-10H2,1H3. The van der Waals surface area contributed by atoms with E-state index in [2.05, 4.69) is 36.1 Å². The molecule has 0 aromatic heterocycles. The van der Waals surface area contributed by atoms with Gasteiger partial charge in [0.1, 0.15) is 5.78 Å². The van der Waals surface area contributed by atoms with Crippen LogP contribution < -0.4 is 0 Å². The quantitative estimate of drug-likeness (QED) is 0.749. The molecule has 1 fully saturated rings. The van der Waals surface area contributed by atoms with Crippen LogP contribution in [0.5, 0.6) is 0 Å². The molecule has 0 bridgehead atoms. The maximum atomic E-state index is 11.1. The minimum Gasteiger partial charge on any atom is -0.298 e. The molecular formula is C13H17NO. The number of likely N-dealkylation sites (tertiary alicyclic amines) is 1. The van der Waals surface area contributed by atoms with Crippen LogP contribution in [-0.4, -0.2) is 30.3 Å². The zero-order valence-electron chi connectivity index (χ0n) is 9.15. The largest absolute Gasteiger partial charge is 0.298 e. The fourth-order valence-electron chi connectivity index (χ4n) is 2.12. The van der Waals surface area contributed by atoms with Crippen LogP contribution in [0.2, 0.25) is 0 Å². The smallest absolute Gasteiger partial charge is 0.148 e. The number of hydrogen-bond donors (Lipinski definition) is 0. The zero-order valence-corrected chi connectivity index (χ0v) is 9.15. The van der Waals surface area contributed by atoms with Gasteiger partial charge in [0, 0.05) is 19.5 Å². The Morgan fingerprint density at radius 3 is 2.67 bits per heavy atom. The third-order valence-electron chi connectivity index (χ3n) is 3.01. The monoisotopic (exact) mass is 203 g/mol. The molecule has 1 saturated heterocycles. The number of benzene rings is 1. The molecule has 1 atom stereocenters. The minimum absolute atomic E-state index is 0.385. The van der Waals surface area contributed by atoms with Crippen molar-refractivity contribution in [2.24, 2.45) is 0 Å². The number of ketones is 1. The Morgan fingerprint density at radius 2 is 2.07 bits per heavy atom. The molecule has 0 N–H and O–H groups in total. The molecule has 2 nitrogen and oxygen atoms in total. The van der Waals surface area contributed by atoms with E-state index < -0.39 is 0 Å². The summed E-state index contributed by atoms with van der Waals surface area (Å²) >= 11 is 0. The predicted octanol–water partition coefficient (Wildman–Crippen LogP) is 2.06. The lowest BCUT2D eigenvalue weighted by Crippen LogP contribution is -2.25. The predicted molar refractivity (Wildman–Crippen MR) is 60.9 cm³/mol. The highest BCUT2D eigenvalue weighted by atomic mass is 16.1. The maximum Gasteiger partial charge on any atom is 0.148 e. The van der Waals surface area contributed by atoms with Crippen LogP contribution in [0.3, 0.4) is 0 Å². The topological polar surface area (TPSA) is 20.3 Å². The van der Waals surface area contributed by atoms with Gasteiger partial charge in [-0.15, -0.1) is 0 Å². The highest BCUT2D eigenvalue weighted by Crippen LogP contribution is 2.17. The van der Waals surface area contributed by atoms with Gasteiger partial charge in [0.15, 0.2) is 0 Å². The first kappa shape index (κ1) is 10.4. The van der Waals surface area contributed by atoms with Crippen LogP contribution in [0, 0.1) is 0 Å². The van der Waals surface area contributed by atoms with Gasteiger partial charge in [0.25, 0.3) is 0 Å². The Balaban J connectivity index is 1.92. The summed E-state index contributed by atoms with van der Waals surface area (Å²) in [7, 11) is 0. The number of nitrogens with zero attached hydrogens (tertiary/aromatic N) is 1. The molecule has 1 heterocycles. The van der Waals surface area contributed by atoms with E-state index in [9.17, 15) is 4.79 Å². The van der Waals surface area contributed by atoms with E-state index in [4.69, 9.17) is 0 Å². The molecule has 0 amide bonds. The molecule has 1 aromatic carbocycles. The number of carbonyl (C=O) groups excluding carboxylic acids is 1. The summed E-state index contributed by atoms with van der Waals surface area (Å²) in [6.45, 7) is 4.81. The lowest BCUT2D eigenvalue weighted by atomic mass is 10.0. The van der Waals surface area contributed by atoms with E-state index in [0.29, 0.717) is 18.2 Å². The molecule has 1 aliphatic rings. The van der Waals surface area contributed by atoms with E-state index in [0.717, 1.165) is 19.5 Å². The molecular weight excluding hydrogens is 186 g/mol. The van der Waals surface area contributed by atoms with Crippen molar-refractivity contribution < 1.29 is 4.79 Å². The van der Waals surface area contributed by atoms with Gasteiger partial charge in [-0.1, -0.05) is 37.3 Å². The summed E-state index contributed by atoms with van der Waals surface area (Å²) in [5, 5.41) is 0. The number of carbonyl (C=O) groups is 1. The fourth-order valence-corrected chi connectivity index (χ4v) is 2.12. The molecule has 0 aliphatic carbocycles. The second-order valence-corrected chi connectivity index (χ2v) is 4.34. The van der Waals surface area contributed by atoms with E-state index >= 15 is 0 Å². The number of hydrogen-bond acceptors (Lipinski definition) is 2. The third kappa shape index (κ3) is 2.66. The SMILES string of the molecule is CC(CN1CCC(=O)C1)c1ccccc1. The summed E-state index contributed by atoms with van der Waals surface area (Å²) in [5.74, 6) is 0.896. The zero-order chi connectivity index (χ0) is 10.7. The second-order valence-electron chi connectivity index (χ2n) is 4.34. The van der Waals surface area contributed by atoms with Gasteiger partial charge < -0.3 is 0 Å². The molecule has 2 rings (SSSR count). The van der Waals surface area contributed by atoms with E-state index in [-0.39, 0.29) is 0 Å².